The fourth-order valence-corrected chi connectivity index (χ4v) is 2.77. The first-order valence-electron chi connectivity index (χ1n) is 6.91. The van der Waals surface area contributed by atoms with Gasteiger partial charge in [0.15, 0.2) is 6.29 Å². The molecule has 2 aromatic rings. The van der Waals surface area contributed by atoms with Gasteiger partial charge in [-0.3, -0.25) is 4.79 Å². The summed E-state index contributed by atoms with van der Waals surface area (Å²) in [7, 11) is 0. The highest BCUT2D eigenvalue weighted by Gasteiger charge is 2.17. The molecule has 1 aliphatic heterocycles. The van der Waals surface area contributed by atoms with E-state index in [4.69, 9.17) is 9.57 Å². The van der Waals surface area contributed by atoms with Gasteiger partial charge >= 0.3 is 0 Å². The molecule has 0 bridgehead atoms. The lowest BCUT2D eigenvalue weighted by molar-refractivity contribution is -0.186. The molecule has 3 rings (SSSR count). The molecule has 112 valence electrons. The number of rotatable bonds is 4. The summed E-state index contributed by atoms with van der Waals surface area (Å²) >= 11 is 1.58. The number of aryl methyl sites for hydroxylation is 1. The average molecular weight is 307 g/mol. The molecular weight excluding hydrogens is 290 g/mol. The topological polar surface area (TPSA) is 76.2 Å². The van der Waals surface area contributed by atoms with E-state index in [0.29, 0.717) is 12.3 Å². The highest BCUT2D eigenvalue weighted by atomic mass is 32.1. The molecular formula is C14H17N3O3S. The summed E-state index contributed by atoms with van der Waals surface area (Å²) in [6, 6.07) is 1.76. The van der Waals surface area contributed by atoms with Gasteiger partial charge in [0.25, 0.3) is 5.91 Å². The number of amides is 1. The van der Waals surface area contributed by atoms with Crippen molar-refractivity contribution >= 4 is 17.2 Å². The maximum Gasteiger partial charge on any atom is 0.291 e. The standard InChI is InChI=1S/C14H17N3O3S/c1-9-16-12(8-21-9)10-6-11(15-7-10)14(18)17-20-13-4-2-3-5-19-13/h6-8,13,15H,2-5H2,1H3,(H,17,18). The van der Waals surface area contributed by atoms with Crippen LogP contribution in [0.4, 0.5) is 0 Å². The Morgan fingerprint density at radius 3 is 3.19 bits per heavy atom. The number of ether oxygens (including phenoxy) is 1. The van der Waals surface area contributed by atoms with Crippen molar-refractivity contribution in [3.63, 3.8) is 0 Å². The van der Waals surface area contributed by atoms with Crippen molar-refractivity contribution in [3.05, 3.63) is 28.3 Å². The van der Waals surface area contributed by atoms with Gasteiger partial charge in [-0.15, -0.1) is 11.3 Å². The average Bonchev–Trinajstić information content (AvgIpc) is 3.14. The van der Waals surface area contributed by atoms with Crippen molar-refractivity contribution in [2.24, 2.45) is 0 Å². The molecule has 2 N–H and O–H groups in total. The Balaban J connectivity index is 1.59. The second kappa shape index (κ2) is 6.38. The van der Waals surface area contributed by atoms with Crippen LogP contribution in [0.25, 0.3) is 11.3 Å². The molecule has 0 aromatic carbocycles. The first-order valence-corrected chi connectivity index (χ1v) is 7.79. The molecule has 6 nitrogen and oxygen atoms in total. The highest BCUT2D eigenvalue weighted by Crippen LogP contribution is 2.22. The quantitative estimate of drug-likeness (QED) is 0.851. The molecule has 0 spiro atoms. The van der Waals surface area contributed by atoms with Crippen LogP contribution in [0, 0.1) is 6.92 Å². The van der Waals surface area contributed by atoms with E-state index in [1.54, 1.807) is 23.6 Å². The SMILES string of the molecule is Cc1nc(-c2c[nH]c(C(=O)NOC3CCCCO3)c2)cs1. The molecule has 1 aliphatic rings. The minimum atomic E-state index is -0.349. The third-order valence-electron chi connectivity index (χ3n) is 3.26. The second-order valence-corrected chi connectivity index (χ2v) is 5.96. The van der Waals surface area contributed by atoms with Crippen molar-refractivity contribution in [1.82, 2.24) is 15.4 Å². The van der Waals surface area contributed by atoms with Gasteiger partial charge in [0.05, 0.1) is 10.7 Å². The van der Waals surface area contributed by atoms with E-state index in [2.05, 4.69) is 15.4 Å². The Labute approximate surface area is 126 Å². The van der Waals surface area contributed by atoms with E-state index in [1.807, 2.05) is 12.3 Å². The Kier molecular flexibility index (Phi) is 4.33. The van der Waals surface area contributed by atoms with Gasteiger partial charge in [0, 0.05) is 30.2 Å². The fourth-order valence-electron chi connectivity index (χ4n) is 2.15. The zero-order valence-corrected chi connectivity index (χ0v) is 12.5. The number of hydroxylamine groups is 1. The Bertz CT molecular complexity index is 617. The van der Waals surface area contributed by atoms with Crippen molar-refractivity contribution in [3.8, 4) is 11.3 Å². The van der Waals surface area contributed by atoms with Crippen LogP contribution in [0.3, 0.4) is 0 Å². The Hall–Kier alpha value is -1.70. The summed E-state index contributed by atoms with van der Waals surface area (Å²) in [5.74, 6) is -0.317. The van der Waals surface area contributed by atoms with Gasteiger partial charge in [-0.05, 0) is 25.8 Å². The van der Waals surface area contributed by atoms with E-state index in [1.165, 1.54) is 0 Å². The van der Waals surface area contributed by atoms with Gasteiger partial charge in [0.2, 0.25) is 0 Å². The van der Waals surface area contributed by atoms with Gasteiger partial charge < -0.3 is 9.72 Å². The Morgan fingerprint density at radius 1 is 1.57 bits per heavy atom. The summed E-state index contributed by atoms with van der Waals surface area (Å²) in [4.78, 5) is 24.6. The number of H-pyrrole nitrogens is 1. The molecule has 1 saturated heterocycles. The zero-order valence-electron chi connectivity index (χ0n) is 11.7. The number of carbonyl (C=O) groups is 1. The Morgan fingerprint density at radius 2 is 2.48 bits per heavy atom. The molecule has 0 saturated carbocycles. The number of hydrogen-bond acceptors (Lipinski definition) is 5. The molecule has 21 heavy (non-hydrogen) atoms. The summed E-state index contributed by atoms with van der Waals surface area (Å²) in [6.45, 7) is 2.63. The van der Waals surface area contributed by atoms with E-state index >= 15 is 0 Å². The number of carbonyl (C=O) groups excluding carboxylic acids is 1. The summed E-state index contributed by atoms with van der Waals surface area (Å²) in [5, 5.41) is 2.96. The number of nitrogens with one attached hydrogen (secondary N) is 2. The monoisotopic (exact) mass is 307 g/mol. The van der Waals surface area contributed by atoms with Crippen LogP contribution >= 0.6 is 11.3 Å². The van der Waals surface area contributed by atoms with Gasteiger partial charge in [-0.1, -0.05) is 0 Å². The number of thiazole rings is 1. The fraction of sp³-hybridized carbons (Fsp3) is 0.429. The molecule has 1 atom stereocenters. The maximum absolute atomic E-state index is 12.0. The van der Waals surface area contributed by atoms with Gasteiger partial charge in [-0.25, -0.2) is 15.3 Å². The van der Waals surface area contributed by atoms with Crippen LogP contribution in [0.1, 0.15) is 34.8 Å². The predicted molar refractivity (Wildman–Crippen MR) is 78.8 cm³/mol. The van der Waals surface area contributed by atoms with Crippen LogP contribution < -0.4 is 5.48 Å². The van der Waals surface area contributed by atoms with Crippen molar-refractivity contribution in [2.75, 3.05) is 6.61 Å². The van der Waals surface area contributed by atoms with Crippen LogP contribution in [-0.2, 0) is 9.57 Å². The number of nitrogens with zero attached hydrogens (tertiary/aromatic N) is 1. The smallest absolute Gasteiger partial charge is 0.291 e. The predicted octanol–water partition coefficient (Wildman–Crippen LogP) is 2.63. The van der Waals surface area contributed by atoms with Crippen molar-refractivity contribution < 1.29 is 14.4 Å². The molecule has 3 heterocycles. The van der Waals surface area contributed by atoms with E-state index < -0.39 is 0 Å². The van der Waals surface area contributed by atoms with Gasteiger partial charge in [0.1, 0.15) is 5.69 Å². The maximum atomic E-state index is 12.0. The first kappa shape index (κ1) is 14.2. The van der Waals surface area contributed by atoms with Crippen LogP contribution in [-0.4, -0.2) is 28.8 Å². The minimum Gasteiger partial charge on any atom is -0.356 e. The molecule has 1 amide bonds. The number of aromatic nitrogens is 2. The lowest BCUT2D eigenvalue weighted by Gasteiger charge is -2.21. The minimum absolute atomic E-state index is 0.317. The third-order valence-corrected chi connectivity index (χ3v) is 4.04. The largest absolute Gasteiger partial charge is 0.356 e. The molecule has 1 unspecified atom stereocenters. The van der Waals surface area contributed by atoms with Crippen LogP contribution in [0.15, 0.2) is 17.6 Å². The highest BCUT2D eigenvalue weighted by molar-refractivity contribution is 7.09. The van der Waals surface area contributed by atoms with Gasteiger partial charge in [-0.2, -0.15) is 0 Å². The molecule has 0 aliphatic carbocycles. The van der Waals surface area contributed by atoms with Crippen LogP contribution in [0.2, 0.25) is 0 Å². The lowest BCUT2D eigenvalue weighted by atomic mass is 10.2. The van der Waals surface area contributed by atoms with Crippen molar-refractivity contribution in [1.29, 1.82) is 0 Å². The van der Waals surface area contributed by atoms with Crippen molar-refractivity contribution in [2.45, 2.75) is 32.5 Å². The normalized spacial score (nSPS) is 18.6. The molecule has 1 fully saturated rings. The number of aromatic amines is 1. The summed E-state index contributed by atoms with van der Waals surface area (Å²) in [6.07, 6.45) is 4.31. The molecule has 0 radical (unpaired) electrons. The lowest BCUT2D eigenvalue weighted by Crippen LogP contribution is -2.33. The zero-order chi connectivity index (χ0) is 14.7. The molecule has 7 heteroatoms. The van der Waals surface area contributed by atoms with E-state index in [0.717, 1.165) is 35.5 Å². The first-order chi connectivity index (χ1) is 10.2. The number of hydrogen-bond donors (Lipinski definition) is 2. The summed E-state index contributed by atoms with van der Waals surface area (Å²) in [5.41, 5.74) is 4.61. The van der Waals surface area contributed by atoms with Crippen LogP contribution in [0.5, 0.6) is 0 Å². The van der Waals surface area contributed by atoms with E-state index in [9.17, 15) is 4.79 Å². The van der Waals surface area contributed by atoms with E-state index in [-0.39, 0.29) is 12.2 Å². The third kappa shape index (κ3) is 3.49. The second-order valence-electron chi connectivity index (χ2n) is 4.90. The molecule has 2 aromatic heterocycles. The summed E-state index contributed by atoms with van der Waals surface area (Å²) < 4.78 is 5.39.